The van der Waals surface area contributed by atoms with Crippen molar-refractivity contribution in [2.24, 2.45) is 7.05 Å². The average Bonchev–Trinajstić information content (AvgIpc) is 3.04. The van der Waals surface area contributed by atoms with Gasteiger partial charge < -0.3 is 15.1 Å². The molecule has 2 amide bonds. The lowest BCUT2D eigenvalue weighted by molar-refractivity contribution is -0.115. The molecule has 3 rings (SSSR count). The standard InChI is InChI=1S/C18H19FN4O3/c1-9-13-7-12(19)5-6-14(13)26-17(9)18(25)20-8-15(24)21-16-10(2)22-23(4)11(16)3/h5-7H,8H2,1-4H3,(H,20,25)(H,21,24). The highest BCUT2D eigenvalue weighted by molar-refractivity contribution is 6.02. The van der Waals surface area contributed by atoms with Gasteiger partial charge in [0, 0.05) is 18.0 Å². The van der Waals surface area contributed by atoms with Crippen LogP contribution in [0.5, 0.6) is 0 Å². The van der Waals surface area contributed by atoms with Crippen molar-refractivity contribution in [2.75, 3.05) is 11.9 Å². The molecule has 136 valence electrons. The molecule has 2 aromatic heterocycles. The minimum Gasteiger partial charge on any atom is -0.451 e. The van der Waals surface area contributed by atoms with Gasteiger partial charge in [0.05, 0.1) is 23.6 Å². The van der Waals surface area contributed by atoms with Crippen LogP contribution in [-0.2, 0) is 11.8 Å². The number of hydrogen-bond donors (Lipinski definition) is 2. The Hall–Kier alpha value is -3.16. The summed E-state index contributed by atoms with van der Waals surface area (Å²) in [6.45, 7) is 5.07. The number of carbonyl (C=O) groups is 2. The summed E-state index contributed by atoms with van der Waals surface area (Å²) in [5.41, 5.74) is 3.08. The third kappa shape index (κ3) is 3.17. The van der Waals surface area contributed by atoms with Crippen molar-refractivity contribution in [3.8, 4) is 0 Å². The lowest BCUT2D eigenvalue weighted by Crippen LogP contribution is -2.33. The summed E-state index contributed by atoms with van der Waals surface area (Å²) in [6, 6.07) is 4.04. The molecular formula is C18H19FN4O3. The van der Waals surface area contributed by atoms with Crippen LogP contribution >= 0.6 is 0 Å². The fourth-order valence-electron chi connectivity index (χ4n) is 2.79. The van der Waals surface area contributed by atoms with Gasteiger partial charge in [0.15, 0.2) is 5.76 Å². The number of halogens is 1. The van der Waals surface area contributed by atoms with Crippen LogP contribution in [0.15, 0.2) is 22.6 Å². The molecule has 0 aliphatic heterocycles. The van der Waals surface area contributed by atoms with Gasteiger partial charge in [-0.05, 0) is 39.0 Å². The molecule has 0 radical (unpaired) electrons. The fourth-order valence-corrected chi connectivity index (χ4v) is 2.79. The smallest absolute Gasteiger partial charge is 0.287 e. The minimum atomic E-state index is -0.533. The summed E-state index contributed by atoms with van der Waals surface area (Å²) in [7, 11) is 1.78. The number of aryl methyl sites for hydroxylation is 3. The fraction of sp³-hybridized carbons (Fsp3) is 0.278. The Bertz CT molecular complexity index is 1020. The first-order valence-electron chi connectivity index (χ1n) is 8.05. The predicted molar refractivity (Wildman–Crippen MR) is 94.6 cm³/mol. The normalized spacial score (nSPS) is 11.0. The number of benzene rings is 1. The third-order valence-electron chi connectivity index (χ3n) is 4.29. The van der Waals surface area contributed by atoms with E-state index in [0.29, 0.717) is 27.9 Å². The van der Waals surface area contributed by atoms with Crippen LogP contribution in [0, 0.1) is 26.6 Å². The van der Waals surface area contributed by atoms with Gasteiger partial charge in [-0.25, -0.2) is 4.39 Å². The summed E-state index contributed by atoms with van der Waals surface area (Å²) in [5.74, 6) is -1.26. The van der Waals surface area contributed by atoms with E-state index in [2.05, 4.69) is 15.7 Å². The van der Waals surface area contributed by atoms with Crippen LogP contribution in [0.2, 0.25) is 0 Å². The highest BCUT2D eigenvalue weighted by atomic mass is 19.1. The molecule has 0 spiro atoms. The van der Waals surface area contributed by atoms with Gasteiger partial charge in [-0.15, -0.1) is 0 Å². The number of anilines is 1. The van der Waals surface area contributed by atoms with Gasteiger partial charge in [0.1, 0.15) is 11.4 Å². The van der Waals surface area contributed by atoms with Crippen LogP contribution in [0.1, 0.15) is 27.5 Å². The first kappa shape index (κ1) is 17.7. The van der Waals surface area contributed by atoms with Gasteiger partial charge in [0.25, 0.3) is 5.91 Å². The molecule has 3 aromatic rings. The SMILES string of the molecule is Cc1nn(C)c(C)c1NC(=O)CNC(=O)c1oc2ccc(F)cc2c1C. The molecule has 2 heterocycles. The molecule has 0 aliphatic rings. The number of nitrogens with one attached hydrogen (secondary N) is 2. The van der Waals surface area contributed by atoms with Crippen molar-refractivity contribution in [2.45, 2.75) is 20.8 Å². The predicted octanol–water partition coefficient (Wildman–Crippen LogP) is 2.60. The van der Waals surface area contributed by atoms with E-state index >= 15 is 0 Å². The van der Waals surface area contributed by atoms with Gasteiger partial charge in [0.2, 0.25) is 5.91 Å². The Kier molecular flexibility index (Phi) is 4.50. The van der Waals surface area contributed by atoms with E-state index in [0.717, 1.165) is 5.69 Å². The summed E-state index contributed by atoms with van der Waals surface area (Å²) in [6.07, 6.45) is 0. The maximum atomic E-state index is 13.4. The molecule has 0 fully saturated rings. The summed E-state index contributed by atoms with van der Waals surface area (Å²) in [5, 5.41) is 10.0. The number of carbonyl (C=O) groups excluding carboxylic acids is 2. The average molecular weight is 358 g/mol. The van der Waals surface area contributed by atoms with E-state index in [9.17, 15) is 14.0 Å². The van der Waals surface area contributed by atoms with Crippen molar-refractivity contribution >= 4 is 28.5 Å². The molecule has 8 heteroatoms. The van der Waals surface area contributed by atoms with E-state index in [1.54, 1.807) is 25.6 Å². The second-order valence-electron chi connectivity index (χ2n) is 6.10. The summed E-state index contributed by atoms with van der Waals surface area (Å²) < 4.78 is 20.5. The zero-order chi connectivity index (χ0) is 19.0. The van der Waals surface area contributed by atoms with Crippen molar-refractivity contribution in [3.05, 3.63) is 46.7 Å². The lowest BCUT2D eigenvalue weighted by Gasteiger charge is -2.07. The molecule has 2 N–H and O–H groups in total. The highest BCUT2D eigenvalue weighted by Gasteiger charge is 2.19. The number of hydrogen-bond acceptors (Lipinski definition) is 4. The van der Waals surface area contributed by atoms with Gasteiger partial charge in [-0.2, -0.15) is 5.10 Å². The monoisotopic (exact) mass is 358 g/mol. The number of fused-ring (bicyclic) bond motifs is 1. The Morgan fingerprint density at radius 3 is 2.65 bits per heavy atom. The first-order chi connectivity index (χ1) is 12.3. The third-order valence-corrected chi connectivity index (χ3v) is 4.29. The highest BCUT2D eigenvalue weighted by Crippen LogP contribution is 2.26. The molecule has 26 heavy (non-hydrogen) atoms. The molecule has 0 atom stereocenters. The molecule has 0 saturated heterocycles. The zero-order valence-corrected chi connectivity index (χ0v) is 14.9. The summed E-state index contributed by atoms with van der Waals surface area (Å²) in [4.78, 5) is 24.4. The van der Waals surface area contributed by atoms with Crippen LogP contribution in [0.25, 0.3) is 11.0 Å². The van der Waals surface area contributed by atoms with Crippen molar-refractivity contribution in [1.29, 1.82) is 0 Å². The number of amides is 2. The number of furan rings is 1. The zero-order valence-electron chi connectivity index (χ0n) is 14.9. The Balaban J connectivity index is 1.69. The maximum absolute atomic E-state index is 13.4. The van der Waals surface area contributed by atoms with Gasteiger partial charge in [-0.1, -0.05) is 0 Å². The molecule has 0 unspecified atom stereocenters. The number of nitrogens with zero attached hydrogens (tertiary/aromatic N) is 2. The van der Waals surface area contributed by atoms with E-state index in [4.69, 9.17) is 4.42 Å². The van der Waals surface area contributed by atoms with Gasteiger partial charge >= 0.3 is 0 Å². The lowest BCUT2D eigenvalue weighted by atomic mass is 10.1. The van der Waals surface area contributed by atoms with Crippen LogP contribution in [0.4, 0.5) is 10.1 Å². The molecule has 0 saturated carbocycles. The van der Waals surface area contributed by atoms with Crippen LogP contribution in [0.3, 0.4) is 0 Å². The second kappa shape index (κ2) is 6.62. The van der Waals surface area contributed by atoms with Crippen molar-refractivity contribution < 1.29 is 18.4 Å². The van der Waals surface area contributed by atoms with Crippen molar-refractivity contribution in [3.63, 3.8) is 0 Å². The van der Waals surface area contributed by atoms with E-state index in [-0.39, 0.29) is 18.2 Å². The van der Waals surface area contributed by atoms with Crippen LogP contribution < -0.4 is 10.6 Å². The van der Waals surface area contributed by atoms with Crippen LogP contribution in [-0.4, -0.2) is 28.1 Å². The van der Waals surface area contributed by atoms with E-state index < -0.39 is 11.7 Å². The van der Waals surface area contributed by atoms with E-state index in [1.165, 1.54) is 18.2 Å². The largest absolute Gasteiger partial charge is 0.451 e. The molecular weight excluding hydrogens is 339 g/mol. The second-order valence-corrected chi connectivity index (χ2v) is 6.10. The quantitative estimate of drug-likeness (QED) is 0.750. The summed E-state index contributed by atoms with van der Waals surface area (Å²) >= 11 is 0. The topological polar surface area (TPSA) is 89.2 Å². The van der Waals surface area contributed by atoms with Gasteiger partial charge in [-0.3, -0.25) is 14.3 Å². The minimum absolute atomic E-state index is 0.0622. The molecule has 0 bridgehead atoms. The Morgan fingerprint density at radius 2 is 2.00 bits per heavy atom. The molecule has 0 aliphatic carbocycles. The molecule has 1 aromatic carbocycles. The van der Waals surface area contributed by atoms with E-state index in [1.807, 2.05) is 6.92 Å². The molecule has 7 nitrogen and oxygen atoms in total. The Morgan fingerprint density at radius 1 is 1.27 bits per heavy atom. The maximum Gasteiger partial charge on any atom is 0.287 e. The number of aromatic nitrogens is 2. The number of rotatable bonds is 4. The van der Waals surface area contributed by atoms with Crippen molar-refractivity contribution in [1.82, 2.24) is 15.1 Å². The first-order valence-corrected chi connectivity index (χ1v) is 8.05. The Labute approximate surface area is 149 Å².